The fraction of sp³-hybridized carbons (Fsp3) is 0.364. The molecule has 6 heteroatoms. The minimum atomic E-state index is -2.99. The third kappa shape index (κ3) is 3.30. The molecule has 0 unspecified atom stereocenters. The summed E-state index contributed by atoms with van der Waals surface area (Å²) in [5.74, 6) is -0.528. The van der Waals surface area contributed by atoms with Crippen LogP contribution in [0.1, 0.15) is 17.3 Å². The van der Waals surface area contributed by atoms with Crippen LogP contribution in [0.2, 0.25) is 0 Å². The van der Waals surface area contributed by atoms with Crippen LogP contribution in [-0.2, 0) is 0 Å². The summed E-state index contributed by atoms with van der Waals surface area (Å²) >= 11 is 0. The molecule has 1 N–H and O–H groups in total. The number of ether oxygens (including phenoxy) is 2. The first-order valence-corrected chi connectivity index (χ1v) is 5.00. The highest BCUT2D eigenvalue weighted by atomic mass is 19.3. The smallest absolute Gasteiger partial charge is 0.387 e. The average Bonchev–Trinajstić information content (AvgIpc) is 2.28. The zero-order valence-corrected chi connectivity index (χ0v) is 9.50. The van der Waals surface area contributed by atoms with Gasteiger partial charge in [-0.2, -0.15) is 8.78 Å². The van der Waals surface area contributed by atoms with Crippen LogP contribution in [0.25, 0.3) is 0 Å². The van der Waals surface area contributed by atoms with Gasteiger partial charge >= 0.3 is 6.61 Å². The maximum atomic E-state index is 12.2. The second-order valence-corrected chi connectivity index (χ2v) is 3.07. The van der Waals surface area contributed by atoms with Crippen LogP contribution < -0.4 is 14.8 Å². The second kappa shape index (κ2) is 6.03. The number of carbonyl (C=O) groups is 1. The molecule has 0 saturated heterocycles. The highest BCUT2D eigenvalue weighted by Gasteiger charge is 2.19. The van der Waals surface area contributed by atoms with Gasteiger partial charge in [0.25, 0.3) is 5.91 Å². The molecular formula is C11H13F2NO3. The number of alkyl halides is 2. The standard InChI is InChI=1S/C11H13F2NO3/c1-3-14-10(15)9-7(16-2)5-4-6-8(9)17-11(12)13/h4-6,11H,3H2,1-2H3,(H,14,15). The largest absolute Gasteiger partial charge is 0.496 e. The van der Waals surface area contributed by atoms with Crippen LogP contribution >= 0.6 is 0 Å². The van der Waals surface area contributed by atoms with Crippen LogP contribution in [0.15, 0.2) is 18.2 Å². The van der Waals surface area contributed by atoms with E-state index in [2.05, 4.69) is 10.1 Å². The number of rotatable bonds is 5. The molecule has 0 heterocycles. The van der Waals surface area contributed by atoms with Crippen LogP contribution in [0, 0.1) is 0 Å². The third-order valence-corrected chi connectivity index (χ3v) is 1.99. The molecule has 17 heavy (non-hydrogen) atoms. The Bertz CT molecular complexity index is 396. The molecule has 0 fully saturated rings. The number of benzene rings is 1. The molecule has 1 aromatic carbocycles. The molecule has 0 atom stereocenters. The lowest BCUT2D eigenvalue weighted by atomic mass is 10.1. The van der Waals surface area contributed by atoms with Gasteiger partial charge in [-0.25, -0.2) is 0 Å². The Morgan fingerprint density at radius 1 is 1.41 bits per heavy atom. The van der Waals surface area contributed by atoms with Gasteiger partial charge in [-0.1, -0.05) is 6.07 Å². The quantitative estimate of drug-likeness (QED) is 0.863. The number of amides is 1. The number of hydrogen-bond acceptors (Lipinski definition) is 3. The van der Waals surface area contributed by atoms with Crippen LogP contribution in [-0.4, -0.2) is 26.2 Å². The number of carbonyl (C=O) groups excluding carboxylic acids is 1. The zero-order chi connectivity index (χ0) is 12.8. The molecule has 0 aliphatic carbocycles. The van der Waals surface area contributed by atoms with Crippen molar-refractivity contribution >= 4 is 5.91 Å². The number of nitrogens with one attached hydrogen (secondary N) is 1. The van der Waals surface area contributed by atoms with E-state index < -0.39 is 12.5 Å². The van der Waals surface area contributed by atoms with Crippen LogP contribution in [0.5, 0.6) is 11.5 Å². The predicted molar refractivity (Wildman–Crippen MR) is 57.6 cm³/mol. The molecule has 0 aromatic heterocycles. The van der Waals surface area contributed by atoms with E-state index in [0.717, 1.165) is 0 Å². The molecule has 1 aromatic rings. The summed E-state index contributed by atoms with van der Waals surface area (Å²) in [6.45, 7) is -0.887. The van der Waals surface area contributed by atoms with Gasteiger partial charge in [-0.05, 0) is 19.1 Å². The predicted octanol–water partition coefficient (Wildman–Crippen LogP) is 2.05. The third-order valence-electron chi connectivity index (χ3n) is 1.99. The molecule has 0 spiro atoms. The lowest BCUT2D eigenvalue weighted by Crippen LogP contribution is -2.24. The molecular weight excluding hydrogens is 232 g/mol. The number of halogens is 2. The normalized spacial score (nSPS) is 10.2. The molecule has 94 valence electrons. The van der Waals surface area contributed by atoms with Gasteiger partial charge in [0.15, 0.2) is 0 Å². The minimum absolute atomic E-state index is 0.0304. The summed E-state index contributed by atoms with van der Waals surface area (Å²) in [6, 6.07) is 4.27. The lowest BCUT2D eigenvalue weighted by Gasteiger charge is -2.13. The van der Waals surface area contributed by atoms with Gasteiger partial charge in [0.05, 0.1) is 7.11 Å². The summed E-state index contributed by atoms with van der Waals surface area (Å²) in [7, 11) is 1.35. The summed E-state index contributed by atoms with van der Waals surface area (Å²) in [6.07, 6.45) is 0. The van der Waals surface area contributed by atoms with Crippen molar-refractivity contribution in [2.24, 2.45) is 0 Å². The summed E-state index contributed by atoms with van der Waals surface area (Å²) in [5.41, 5.74) is -0.0304. The minimum Gasteiger partial charge on any atom is -0.496 e. The molecule has 0 radical (unpaired) electrons. The summed E-state index contributed by atoms with van der Waals surface area (Å²) in [5, 5.41) is 2.51. The van der Waals surface area contributed by atoms with E-state index in [4.69, 9.17) is 4.74 Å². The fourth-order valence-corrected chi connectivity index (χ4v) is 1.35. The number of hydrogen-bond donors (Lipinski definition) is 1. The van der Waals surface area contributed by atoms with Crippen LogP contribution in [0.3, 0.4) is 0 Å². The van der Waals surface area contributed by atoms with Crippen molar-refractivity contribution in [3.63, 3.8) is 0 Å². The van der Waals surface area contributed by atoms with Gasteiger partial charge in [0, 0.05) is 6.54 Å². The molecule has 0 saturated carbocycles. The van der Waals surface area contributed by atoms with Gasteiger partial charge in [0.1, 0.15) is 17.1 Å². The van der Waals surface area contributed by atoms with Crippen molar-refractivity contribution in [2.75, 3.05) is 13.7 Å². The summed E-state index contributed by atoms with van der Waals surface area (Å²) < 4.78 is 33.6. The van der Waals surface area contributed by atoms with Gasteiger partial charge in [-0.15, -0.1) is 0 Å². The van der Waals surface area contributed by atoms with E-state index in [9.17, 15) is 13.6 Å². The Labute approximate surface area is 97.5 Å². The molecule has 4 nitrogen and oxygen atoms in total. The zero-order valence-electron chi connectivity index (χ0n) is 9.50. The first-order chi connectivity index (χ1) is 8.10. The van der Waals surface area contributed by atoms with E-state index in [0.29, 0.717) is 6.54 Å². The topological polar surface area (TPSA) is 47.6 Å². The van der Waals surface area contributed by atoms with Crippen molar-refractivity contribution in [3.8, 4) is 11.5 Å². The van der Waals surface area contributed by atoms with Crippen molar-refractivity contribution in [3.05, 3.63) is 23.8 Å². The van der Waals surface area contributed by atoms with E-state index in [1.807, 2.05) is 0 Å². The fourth-order valence-electron chi connectivity index (χ4n) is 1.35. The Morgan fingerprint density at radius 2 is 2.06 bits per heavy atom. The molecule has 0 aliphatic heterocycles. The van der Waals surface area contributed by atoms with Crippen molar-refractivity contribution in [1.29, 1.82) is 0 Å². The van der Waals surface area contributed by atoms with E-state index in [1.54, 1.807) is 6.92 Å². The maximum Gasteiger partial charge on any atom is 0.387 e. The highest BCUT2D eigenvalue weighted by Crippen LogP contribution is 2.29. The Balaban J connectivity index is 3.15. The molecule has 1 amide bonds. The molecule has 0 bridgehead atoms. The first kappa shape index (κ1) is 13.2. The number of methoxy groups -OCH3 is 1. The average molecular weight is 245 g/mol. The van der Waals surface area contributed by atoms with Crippen molar-refractivity contribution in [1.82, 2.24) is 5.32 Å². The van der Waals surface area contributed by atoms with E-state index in [1.165, 1.54) is 25.3 Å². The molecule has 0 aliphatic rings. The SMILES string of the molecule is CCNC(=O)c1c(OC)cccc1OC(F)F. The Hall–Kier alpha value is -1.85. The second-order valence-electron chi connectivity index (χ2n) is 3.07. The Morgan fingerprint density at radius 3 is 2.59 bits per heavy atom. The highest BCUT2D eigenvalue weighted by molar-refractivity contribution is 5.99. The van der Waals surface area contributed by atoms with Gasteiger partial charge in [0.2, 0.25) is 0 Å². The molecule has 1 rings (SSSR count). The first-order valence-electron chi connectivity index (χ1n) is 5.00. The van der Waals surface area contributed by atoms with Gasteiger partial charge in [-0.3, -0.25) is 4.79 Å². The van der Waals surface area contributed by atoms with Crippen molar-refractivity contribution < 1.29 is 23.0 Å². The summed E-state index contributed by atoms with van der Waals surface area (Å²) in [4.78, 5) is 11.7. The van der Waals surface area contributed by atoms with Gasteiger partial charge < -0.3 is 14.8 Å². The Kier molecular flexibility index (Phi) is 4.68. The lowest BCUT2D eigenvalue weighted by molar-refractivity contribution is -0.0502. The monoisotopic (exact) mass is 245 g/mol. The van der Waals surface area contributed by atoms with Crippen LogP contribution in [0.4, 0.5) is 8.78 Å². The maximum absolute atomic E-state index is 12.2. The van der Waals surface area contributed by atoms with E-state index >= 15 is 0 Å². The van der Waals surface area contributed by atoms with E-state index in [-0.39, 0.29) is 17.1 Å². The van der Waals surface area contributed by atoms with Crippen molar-refractivity contribution in [2.45, 2.75) is 13.5 Å².